The second kappa shape index (κ2) is 6.27. The van der Waals surface area contributed by atoms with E-state index in [2.05, 4.69) is 12.2 Å². The highest BCUT2D eigenvalue weighted by molar-refractivity contribution is 5.90. The molecule has 0 saturated carbocycles. The molecule has 2 rings (SSSR count). The molecule has 2 atom stereocenters. The molecule has 20 heavy (non-hydrogen) atoms. The molecule has 1 fully saturated rings. The lowest BCUT2D eigenvalue weighted by Crippen LogP contribution is -2.51. The van der Waals surface area contributed by atoms with Gasteiger partial charge in [-0.1, -0.05) is 19.1 Å². The number of likely N-dealkylation sites (tertiary alicyclic amines) is 1. The third-order valence-corrected chi connectivity index (χ3v) is 4.41. The summed E-state index contributed by atoms with van der Waals surface area (Å²) < 4.78 is 0. The Morgan fingerprint density at radius 3 is 2.90 bits per heavy atom. The lowest BCUT2D eigenvalue weighted by Gasteiger charge is -2.39. The maximum absolute atomic E-state index is 12.4. The lowest BCUT2D eigenvalue weighted by atomic mass is 9.91. The molecule has 1 aliphatic heterocycles. The molecule has 1 aromatic rings. The summed E-state index contributed by atoms with van der Waals surface area (Å²) >= 11 is 0. The Balaban J connectivity index is 2.12. The first kappa shape index (κ1) is 14.9. The third kappa shape index (κ3) is 2.96. The van der Waals surface area contributed by atoms with Crippen LogP contribution >= 0.6 is 0 Å². The molecule has 0 aromatic heterocycles. The van der Waals surface area contributed by atoms with E-state index >= 15 is 0 Å². The second-order valence-electron chi connectivity index (χ2n) is 5.74. The van der Waals surface area contributed by atoms with E-state index in [0.717, 1.165) is 29.7 Å². The summed E-state index contributed by atoms with van der Waals surface area (Å²) in [5, 5.41) is 12.5. The van der Waals surface area contributed by atoms with Crippen LogP contribution in [-0.2, 0) is 0 Å². The molecule has 1 aromatic carbocycles. The van der Waals surface area contributed by atoms with Crippen molar-refractivity contribution in [2.75, 3.05) is 18.5 Å². The zero-order valence-corrected chi connectivity index (χ0v) is 12.5. The van der Waals surface area contributed by atoms with Crippen LogP contribution < -0.4 is 5.32 Å². The Hall–Kier alpha value is -1.55. The first-order chi connectivity index (χ1) is 9.54. The van der Waals surface area contributed by atoms with Crippen LogP contribution in [0.3, 0.4) is 0 Å². The lowest BCUT2D eigenvalue weighted by molar-refractivity contribution is 0.0811. The number of aliphatic hydroxyl groups is 1. The normalized spacial score (nSPS) is 22.7. The summed E-state index contributed by atoms with van der Waals surface area (Å²) in [7, 11) is 0. The Morgan fingerprint density at radius 1 is 1.45 bits per heavy atom. The number of hydrogen-bond acceptors (Lipinski definition) is 2. The number of urea groups is 1. The van der Waals surface area contributed by atoms with Gasteiger partial charge in [-0.05, 0) is 49.8 Å². The van der Waals surface area contributed by atoms with E-state index in [0.29, 0.717) is 12.5 Å². The number of aryl methyl sites for hydroxylation is 1. The fraction of sp³-hybridized carbons (Fsp3) is 0.562. The van der Waals surface area contributed by atoms with Gasteiger partial charge in [0.1, 0.15) is 0 Å². The minimum Gasteiger partial charge on any atom is -0.394 e. The standard InChI is InChI=1S/C16H24N2O2/c1-11-6-4-8-14(13(11)3)17-16(20)18-9-5-7-12(2)15(18)10-19/h4,6,8,12,15,19H,5,7,9-10H2,1-3H3,(H,17,20). The SMILES string of the molecule is Cc1cccc(NC(=O)N2CCCC(C)C2CO)c1C. The monoisotopic (exact) mass is 276 g/mol. The van der Waals surface area contributed by atoms with Gasteiger partial charge in [-0.2, -0.15) is 0 Å². The van der Waals surface area contributed by atoms with E-state index in [9.17, 15) is 9.90 Å². The molecular weight excluding hydrogens is 252 g/mol. The molecule has 2 amide bonds. The minimum atomic E-state index is -0.107. The van der Waals surface area contributed by atoms with Crippen molar-refractivity contribution in [2.45, 2.75) is 39.7 Å². The van der Waals surface area contributed by atoms with Gasteiger partial charge in [0.05, 0.1) is 12.6 Å². The Labute approximate surface area is 120 Å². The largest absolute Gasteiger partial charge is 0.394 e. The number of carbonyl (C=O) groups excluding carboxylic acids is 1. The van der Waals surface area contributed by atoms with Crippen LogP contribution in [0.2, 0.25) is 0 Å². The fourth-order valence-corrected chi connectivity index (χ4v) is 2.85. The Morgan fingerprint density at radius 2 is 2.20 bits per heavy atom. The molecule has 110 valence electrons. The van der Waals surface area contributed by atoms with Crippen molar-refractivity contribution in [2.24, 2.45) is 5.92 Å². The zero-order chi connectivity index (χ0) is 14.7. The average Bonchev–Trinajstić information content (AvgIpc) is 2.43. The smallest absolute Gasteiger partial charge is 0.322 e. The van der Waals surface area contributed by atoms with E-state index < -0.39 is 0 Å². The Kier molecular flexibility index (Phi) is 4.65. The summed E-state index contributed by atoms with van der Waals surface area (Å²) in [6.45, 7) is 6.88. The predicted octanol–water partition coefficient (Wildman–Crippen LogP) is 2.93. The van der Waals surface area contributed by atoms with Gasteiger partial charge >= 0.3 is 6.03 Å². The van der Waals surface area contributed by atoms with Crippen molar-refractivity contribution in [1.29, 1.82) is 0 Å². The number of amides is 2. The van der Waals surface area contributed by atoms with E-state index in [4.69, 9.17) is 0 Å². The van der Waals surface area contributed by atoms with Crippen molar-refractivity contribution < 1.29 is 9.90 Å². The van der Waals surface area contributed by atoms with Crippen LogP contribution in [-0.4, -0.2) is 35.2 Å². The molecule has 1 heterocycles. The highest BCUT2D eigenvalue weighted by Gasteiger charge is 2.31. The van der Waals surface area contributed by atoms with Crippen molar-refractivity contribution >= 4 is 11.7 Å². The predicted molar refractivity (Wildman–Crippen MR) is 80.9 cm³/mol. The van der Waals surface area contributed by atoms with Gasteiger partial charge < -0.3 is 15.3 Å². The van der Waals surface area contributed by atoms with Gasteiger partial charge in [0.25, 0.3) is 0 Å². The van der Waals surface area contributed by atoms with Gasteiger partial charge in [0.2, 0.25) is 0 Å². The van der Waals surface area contributed by atoms with E-state index in [-0.39, 0.29) is 18.7 Å². The van der Waals surface area contributed by atoms with Crippen LogP contribution in [0, 0.1) is 19.8 Å². The molecular formula is C16H24N2O2. The highest BCUT2D eigenvalue weighted by Crippen LogP contribution is 2.25. The molecule has 2 unspecified atom stereocenters. The number of anilines is 1. The van der Waals surface area contributed by atoms with Crippen LogP contribution in [0.25, 0.3) is 0 Å². The number of carbonyl (C=O) groups is 1. The highest BCUT2D eigenvalue weighted by atomic mass is 16.3. The molecule has 4 heteroatoms. The van der Waals surface area contributed by atoms with E-state index in [1.54, 1.807) is 4.90 Å². The number of benzene rings is 1. The maximum atomic E-state index is 12.4. The fourth-order valence-electron chi connectivity index (χ4n) is 2.85. The van der Waals surface area contributed by atoms with Crippen LogP contribution in [0.5, 0.6) is 0 Å². The number of nitrogens with one attached hydrogen (secondary N) is 1. The van der Waals surface area contributed by atoms with Gasteiger partial charge in [-0.15, -0.1) is 0 Å². The molecule has 0 radical (unpaired) electrons. The third-order valence-electron chi connectivity index (χ3n) is 4.41. The molecule has 1 aliphatic rings. The summed E-state index contributed by atoms with van der Waals surface area (Å²) in [5.74, 6) is 0.345. The van der Waals surface area contributed by atoms with Crippen LogP contribution in [0.1, 0.15) is 30.9 Å². The van der Waals surface area contributed by atoms with E-state index in [1.807, 2.05) is 32.0 Å². The first-order valence-corrected chi connectivity index (χ1v) is 7.29. The molecule has 0 aliphatic carbocycles. The van der Waals surface area contributed by atoms with Gasteiger partial charge in [-0.3, -0.25) is 0 Å². The summed E-state index contributed by atoms with van der Waals surface area (Å²) in [4.78, 5) is 14.2. The zero-order valence-electron chi connectivity index (χ0n) is 12.5. The molecule has 4 nitrogen and oxygen atoms in total. The first-order valence-electron chi connectivity index (χ1n) is 7.29. The summed E-state index contributed by atoms with van der Waals surface area (Å²) in [6.07, 6.45) is 2.07. The van der Waals surface area contributed by atoms with Gasteiger partial charge in [-0.25, -0.2) is 4.79 Å². The van der Waals surface area contributed by atoms with E-state index in [1.165, 1.54) is 0 Å². The molecule has 2 N–H and O–H groups in total. The number of hydrogen-bond donors (Lipinski definition) is 2. The van der Waals surface area contributed by atoms with Crippen molar-refractivity contribution in [1.82, 2.24) is 4.90 Å². The van der Waals surface area contributed by atoms with Crippen molar-refractivity contribution in [3.63, 3.8) is 0 Å². The average molecular weight is 276 g/mol. The Bertz CT molecular complexity index is 487. The molecule has 0 bridgehead atoms. The van der Waals surface area contributed by atoms with Crippen LogP contribution in [0.4, 0.5) is 10.5 Å². The quantitative estimate of drug-likeness (QED) is 0.872. The number of piperidine rings is 1. The summed E-state index contributed by atoms with van der Waals surface area (Å²) in [6, 6.07) is 5.71. The number of rotatable bonds is 2. The van der Waals surface area contributed by atoms with Crippen LogP contribution in [0.15, 0.2) is 18.2 Å². The van der Waals surface area contributed by atoms with Gasteiger partial charge in [0, 0.05) is 12.2 Å². The summed E-state index contributed by atoms with van der Waals surface area (Å²) in [5.41, 5.74) is 3.10. The second-order valence-corrected chi connectivity index (χ2v) is 5.74. The maximum Gasteiger partial charge on any atom is 0.322 e. The topological polar surface area (TPSA) is 52.6 Å². The van der Waals surface area contributed by atoms with Crippen molar-refractivity contribution in [3.05, 3.63) is 29.3 Å². The molecule has 0 spiro atoms. The van der Waals surface area contributed by atoms with Gasteiger partial charge in [0.15, 0.2) is 0 Å². The minimum absolute atomic E-state index is 0.0292. The number of aliphatic hydroxyl groups excluding tert-OH is 1. The molecule has 1 saturated heterocycles. The number of nitrogens with zero attached hydrogens (tertiary/aromatic N) is 1. The van der Waals surface area contributed by atoms with Crippen molar-refractivity contribution in [3.8, 4) is 0 Å².